The van der Waals surface area contributed by atoms with Gasteiger partial charge in [-0.15, -0.1) is 0 Å². The summed E-state index contributed by atoms with van der Waals surface area (Å²) in [5.74, 6) is 2.22. The van der Waals surface area contributed by atoms with Crippen molar-refractivity contribution in [2.75, 3.05) is 18.1 Å². The van der Waals surface area contributed by atoms with E-state index < -0.39 is 0 Å². The number of amides is 1. The van der Waals surface area contributed by atoms with Crippen LogP contribution in [-0.4, -0.2) is 33.9 Å². The second-order valence-corrected chi connectivity index (χ2v) is 7.89. The van der Waals surface area contributed by atoms with Crippen molar-refractivity contribution in [1.29, 1.82) is 0 Å². The van der Waals surface area contributed by atoms with Crippen molar-refractivity contribution in [3.63, 3.8) is 0 Å². The van der Waals surface area contributed by atoms with Crippen LogP contribution in [0.25, 0.3) is 11.0 Å². The molecule has 7 heteroatoms. The van der Waals surface area contributed by atoms with Gasteiger partial charge in [-0.2, -0.15) is 11.8 Å². The van der Waals surface area contributed by atoms with Crippen LogP contribution < -0.4 is 5.32 Å². The second kappa shape index (κ2) is 9.17. The minimum absolute atomic E-state index is 0.0174. The van der Waals surface area contributed by atoms with Crippen molar-refractivity contribution in [2.24, 2.45) is 0 Å². The normalized spacial score (nSPS) is 10.9. The molecule has 1 heterocycles. The molecule has 3 rings (SSSR count). The average molecular weight is 392 g/mol. The molecule has 130 valence electrons. The van der Waals surface area contributed by atoms with Crippen LogP contribution in [0.3, 0.4) is 0 Å². The maximum Gasteiger partial charge on any atom is 0.230 e. The summed E-state index contributed by atoms with van der Waals surface area (Å²) < 4.78 is 0. The van der Waals surface area contributed by atoms with Gasteiger partial charge in [0.15, 0.2) is 5.16 Å². The SMILES string of the molecule is O=C(CSc1nc2ccc(Cl)cc2[nH]1)NCCSCc1ccccc1. The standard InChI is InChI=1S/C18H18ClN3OS2/c19-14-6-7-15-16(10-14)22-18(21-15)25-12-17(23)20-8-9-24-11-13-4-2-1-3-5-13/h1-7,10H,8-9,11-12H2,(H,20,23)(H,21,22). The Balaban J connectivity index is 1.34. The van der Waals surface area contributed by atoms with Crippen LogP contribution in [0, 0.1) is 0 Å². The van der Waals surface area contributed by atoms with E-state index in [-0.39, 0.29) is 5.91 Å². The molecule has 0 bridgehead atoms. The van der Waals surface area contributed by atoms with Crippen molar-refractivity contribution in [3.05, 3.63) is 59.1 Å². The van der Waals surface area contributed by atoms with Crippen LogP contribution in [-0.2, 0) is 10.5 Å². The zero-order chi connectivity index (χ0) is 17.5. The smallest absolute Gasteiger partial charge is 0.230 e. The first-order valence-electron chi connectivity index (χ1n) is 7.87. The molecule has 2 aromatic carbocycles. The number of nitrogens with zero attached hydrogens (tertiary/aromatic N) is 1. The van der Waals surface area contributed by atoms with Crippen LogP contribution in [0.4, 0.5) is 0 Å². The van der Waals surface area contributed by atoms with Gasteiger partial charge in [0.1, 0.15) is 0 Å². The second-order valence-electron chi connectivity index (χ2n) is 5.38. The molecule has 2 N–H and O–H groups in total. The van der Waals surface area contributed by atoms with Gasteiger partial charge in [-0.05, 0) is 23.8 Å². The summed E-state index contributed by atoms with van der Waals surface area (Å²) in [6, 6.07) is 15.8. The number of halogens is 1. The number of carbonyl (C=O) groups is 1. The highest BCUT2D eigenvalue weighted by Gasteiger charge is 2.07. The molecule has 0 fully saturated rings. The zero-order valence-corrected chi connectivity index (χ0v) is 15.9. The predicted molar refractivity (Wildman–Crippen MR) is 107 cm³/mol. The van der Waals surface area contributed by atoms with E-state index in [0.29, 0.717) is 17.3 Å². The van der Waals surface area contributed by atoms with Gasteiger partial charge in [-0.1, -0.05) is 53.7 Å². The van der Waals surface area contributed by atoms with Crippen molar-refractivity contribution in [3.8, 4) is 0 Å². The van der Waals surface area contributed by atoms with E-state index in [1.807, 2.05) is 42.1 Å². The van der Waals surface area contributed by atoms with Crippen molar-refractivity contribution in [1.82, 2.24) is 15.3 Å². The first-order valence-corrected chi connectivity index (χ1v) is 10.4. The third-order valence-corrected chi connectivity index (χ3v) is 5.58. The molecule has 0 spiro atoms. The van der Waals surface area contributed by atoms with Gasteiger partial charge in [0.05, 0.1) is 16.8 Å². The fraction of sp³-hybridized carbons (Fsp3) is 0.222. The van der Waals surface area contributed by atoms with Crippen molar-refractivity contribution < 1.29 is 4.79 Å². The van der Waals surface area contributed by atoms with Crippen LogP contribution in [0.5, 0.6) is 0 Å². The Bertz CT molecular complexity index is 839. The number of aromatic nitrogens is 2. The molecule has 25 heavy (non-hydrogen) atoms. The Labute approximate surface area is 160 Å². The van der Waals surface area contributed by atoms with Crippen LogP contribution >= 0.6 is 35.1 Å². The zero-order valence-electron chi connectivity index (χ0n) is 13.5. The molecule has 0 unspecified atom stereocenters. The van der Waals surface area contributed by atoms with Crippen LogP contribution in [0.1, 0.15) is 5.56 Å². The predicted octanol–water partition coefficient (Wildman–Crippen LogP) is 4.36. The summed E-state index contributed by atoms with van der Waals surface area (Å²) in [7, 11) is 0. The maximum absolute atomic E-state index is 11.9. The number of hydrogen-bond acceptors (Lipinski definition) is 4. The number of benzene rings is 2. The van der Waals surface area contributed by atoms with Crippen molar-refractivity contribution >= 4 is 52.1 Å². The highest BCUT2D eigenvalue weighted by molar-refractivity contribution is 7.99. The molecule has 0 aliphatic heterocycles. The fourth-order valence-electron chi connectivity index (χ4n) is 2.24. The molecule has 3 aromatic rings. The monoisotopic (exact) mass is 391 g/mol. The van der Waals surface area contributed by atoms with E-state index in [9.17, 15) is 4.79 Å². The molecule has 4 nitrogen and oxygen atoms in total. The fourth-order valence-corrected chi connectivity index (χ4v) is 3.94. The third kappa shape index (κ3) is 5.70. The summed E-state index contributed by atoms with van der Waals surface area (Å²) in [6.07, 6.45) is 0. The molecule has 0 saturated heterocycles. The molecule has 0 saturated carbocycles. The lowest BCUT2D eigenvalue weighted by atomic mass is 10.2. The van der Waals surface area contributed by atoms with Gasteiger partial charge in [-0.3, -0.25) is 4.79 Å². The molecular formula is C18H18ClN3OS2. The van der Waals surface area contributed by atoms with Gasteiger partial charge in [0.2, 0.25) is 5.91 Å². The Kier molecular flexibility index (Phi) is 6.67. The average Bonchev–Trinajstić information content (AvgIpc) is 3.02. The Morgan fingerprint density at radius 2 is 2.04 bits per heavy atom. The minimum Gasteiger partial charge on any atom is -0.355 e. The van der Waals surface area contributed by atoms with E-state index >= 15 is 0 Å². The molecule has 1 aromatic heterocycles. The lowest BCUT2D eigenvalue weighted by Crippen LogP contribution is -2.27. The maximum atomic E-state index is 11.9. The van der Waals surface area contributed by atoms with Gasteiger partial charge in [-0.25, -0.2) is 4.98 Å². The number of imidazole rings is 1. The summed E-state index contributed by atoms with van der Waals surface area (Å²) in [6.45, 7) is 0.673. The van der Waals surface area contributed by atoms with E-state index in [1.165, 1.54) is 17.3 Å². The number of carbonyl (C=O) groups excluding carboxylic acids is 1. The largest absolute Gasteiger partial charge is 0.355 e. The third-order valence-electron chi connectivity index (χ3n) is 3.44. The van der Waals surface area contributed by atoms with Crippen LogP contribution in [0.2, 0.25) is 5.02 Å². The summed E-state index contributed by atoms with van der Waals surface area (Å²) in [5.41, 5.74) is 3.04. The van der Waals surface area contributed by atoms with Gasteiger partial charge in [0, 0.05) is 23.1 Å². The number of H-pyrrole nitrogens is 1. The Morgan fingerprint density at radius 1 is 1.20 bits per heavy atom. The molecule has 0 aliphatic rings. The topological polar surface area (TPSA) is 57.8 Å². The van der Waals surface area contributed by atoms with E-state index in [0.717, 1.165) is 27.7 Å². The number of hydrogen-bond donors (Lipinski definition) is 2. The van der Waals surface area contributed by atoms with E-state index in [1.54, 1.807) is 6.07 Å². The summed E-state index contributed by atoms with van der Waals surface area (Å²) in [4.78, 5) is 19.5. The van der Waals surface area contributed by atoms with E-state index in [4.69, 9.17) is 11.6 Å². The van der Waals surface area contributed by atoms with Crippen LogP contribution in [0.15, 0.2) is 53.7 Å². The number of thioether (sulfide) groups is 2. The number of fused-ring (bicyclic) bond motifs is 1. The molecular weight excluding hydrogens is 374 g/mol. The minimum atomic E-state index is 0.0174. The molecule has 0 atom stereocenters. The number of aromatic amines is 1. The lowest BCUT2D eigenvalue weighted by molar-refractivity contribution is -0.118. The first kappa shape index (κ1) is 18.2. The summed E-state index contributed by atoms with van der Waals surface area (Å²) >= 11 is 9.16. The summed E-state index contributed by atoms with van der Waals surface area (Å²) in [5, 5.41) is 4.33. The lowest BCUT2D eigenvalue weighted by Gasteiger charge is -2.04. The van der Waals surface area contributed by atoms with Crippen molar-refractivity contribution in [2.45, 2.75) is 10.9 Å². The number of nitrogens with one attached hydrogen (secondary N) is 2. The highest BCUT2D eigenvalue weighted by atomic mass is 35.5. The molecule has 1 amide bonds. The number of rotatable bonds is 8. The van der Waals surface area contributed by atoms with Gasteiger partial charge < -0.3 is 10.3 Å². The molecule has 0 radical (unpaired) electrons. The Morgan fingerprint density at radius 3 is 2.88 bits per heavy atom. The Hall–Kier alpha value is -1.63. The first-order chi connectivity index (χ1) is 12.2. The van der Waals surface area contributed by atoms with Gasteiger partial charge >= 0.3 is 0 Å². The van der Waals surface area contributed by atoms with Gasteiger partial charge in [0.25, 0.3) is 0 Å². The quantitative estimate of drug-likeness (QED) is 0.442. The highest BCUT2D eigenvalue weighted by Crippen LogP contribution is 2.22. The molecule has 0 aliphatic carbocycles. The van der Waals surface area contributed by atoms with E-state index in [2.05, 4.69) is 27.4 Å².